The average Bonchev–Trinajstić information content (AvgIpc) is 3.08. The molecule has 2 N–H and O–H groups in total. The van der Waals surface area contributed by atoms with Crippen LogP contribution >= 0.6 is 11.3 Å². The second kappa shape index (κ2) is 7.81. The van der Waals surface area contributed by atoms with Crippen molar-refractivity contribution in [2.45, 2.75) is 23.3 Å². The summed E-state index contributed by atoms with van der Waals surface area (Å²) in [4.78, 5) is 13.5. The number of nitrogens with one attached hydrogen (secondary N) is 1. The predicted molar refractivity (Wildman–Crippen MR) is 102 cm³/mol. The van der Waals surface area contributed by atoms with Crippen LogP contribution in [0.4, 0.5) is 0 Å². The summed E-state index contributed by atoms with van der Waals surface area (Å²) in [6.07, 6.45) is 2.02. The van der Waals surface area contributed by atoms with Gasteiger partial charge in [0.15, 0.2) is 0 Å². The standard InChI is InChI=1S/C18H20N2O5S2/c1-3-14-15-9-11-26-16(15)8-10-20(17(14)18(21)19-22)27(23,24)13-6-4-12(25-2)5-7-13/h3-7,9,11,14,17,22H,1,8,10H2,2H3,(H,19,21)/t14-,17+/m1/s1. The van der Waals surface area contributed by atoms with E-state index in [-0.39, 0.29) is 11.4 Å². The molecule has 7 nitrogen and oxygen atoms in total. The minimum absolute atomic E-state index is 0.0482. The summed E-state index contributed by atoms with van der Waals surface area (Å²) in [6.45, 7) is 3.90. The Bertz CT molecular complexity index is 937. The van der Waals surface area contributed by atoms with Crippen LogP contribution in [0, 0.1) is 0 Å². The largest absolute Gasteiger partial charge is 0.497 e. The fraction of sp³-hybridized carbons (Fsp3) is 0.278. The van der Waals surface area contributed by atoms with Crippen molar-refractivity contribution >= 4 is 27.3 Å². The van der Waals surface area contributed by atoms with Crippen molar-refractivity contribution in [3.05, 3.63) is 58.8 Å². The number of carbonyl (C=O) groups excluding carboxylic acids is 1. The Morgan fingerprint density at radius 2 is 2.07 bits per heavy atom. The lowest BCUT2D eigenvalue weighted by atomic mass is 9.92. The van der Waals surface area contributed by atoms with E-state index in [1.807, 2.05) is 11.4 Å². The van der Waals surface area contributed by atoms with Gasteiger partial charge in [0.1, 0.15) is 11.8 Å². The first-order chi connectivity index (χ1) is 12.9. The summed E-state index contributed by atoms with van der Waals surface area (Å²) in [7, 11) is -2.50. The van der Waals surface area contributed by atoms with Gasteiger partial charge >= 0.3 is 0 Å². The van der Waals surface area contributed by atoms with Crippen LogP contribution in [0.25, 0.3) is 0 Å². The minimum atomic E-state index is -3.99. The molecular formula is C18H20N2O5S2. The Morgan fingerprint density at radius 3 is 2.67 bits per heavy atom. The maximum absolute atomic E-state index is 13.3. The second-order valence-electron chi connectivity index (χ2n) is 6.02. The van der Waals surface area contributed by atoms with Crippen LogP contribution in [0.15, 0.2) is 53.3 Å². The second-order valence-corrected chi connectivity index (χ2v) is 8.91. The van der Waals surface area contributed by atoms with E-state index in [2.05, 4.69) is 6.58 Å². The van der Waals surface area contributed by atoms with Crippen LogP contribution < -0.4 is 10.2 Å². The molecule has 1 amide bonds. The topological polar surface area (TPSA) is 95.9 Å². The molecule has 1 aromatic carbocycles. The van der Waals surface area contributed by atoms with Crippen molar-refractivity contribution in [3.8, 4) is 5.75 Å². The Morgan fingerprint density at radius 1 is 1.37 bits per heavy atom. The van der Waals surface area contributed by atoms with Crippen LogP contribution in [0.3, 0.4) is 0 Å². The van der Waals surface area contributed by atoms with Crippen molar-refractivity contribution in [1.29, 1.82) is 0 Å². The SMILES string of the molecule is C=C[C@@H]1c2ccsc2CCN(S(=O)(=O)c2ccc(OC)cc2)[C@@H]1C(=O)NO. The van der Waals surface area contributed by atoms with Gasteiger partial charge in [-0.05, 0) is 47.7 Å². The molecule has 2 atom stereocenters. The van der Waals surface area contributed by atoms with Gasteiger partial charge in [-0.25, -0.2) is 13.9 Å². The Labute approximate surface area is 161 Å². The number of amides is 1. The van der Waals surface area contributed by atoms with Gasteiger partial charge in [-0.3, -0.25) is 10.0 Å². The highest BCUT2D eigenvalue weighted by molar-refractivity contribution is 7.89. The number of thiophene rings is 1. The van der Waals surface area contributed by atoms with Crippen LogP contribution in [0.5, 0.6) is 5.75 Å². The van der Waals surface area contributed by atoms with Gasteiger partial charge in [-0.15, -0.1) is 17.9 Å². The first kappa shape index (κ1) is 19.6. The third-order valence-corrected chi connectivity index (χ3v) is 7.54. The van der Waals surface area contributed by atoms with E-state index in [1.165, 1.54) is 30.6 Å². The third-order valence-electron chi connectivity index (χ3n) is 4.65. The van der Waals surface area contributed by atoms with Crippen LogP contribution in [0.2, 0.25) is 0 Å². The number of rotatable bonds is 5. The van der Waals surface area contributed by atoms with Crippen LogP contribution in [0.1, 0.15) is 16.4 Å². The molecule has 27 heavy (non-hydrogen) atoms. The molecule has 9 heteroatoms. The van der Waals surface area contributed by atoms with Crippen molar-refractivity contribution in [3.63, 3.8) is 0 Å². The molecule has 0 bridgehead atoms. The Balaban J connectivity index is 2.09. The van der Waals surface area contributed by atoms with E-state index >= 15 is 0 Å². The number of ether oxygens (including phenoxy) is 1. The summed E-state index contributed by atoms with van der Waals surface area (Å²) >= 11 is 1.51. The molecule has 144 valence electrons. The number of hydrogen-bond donors (Lipinski definition) is 2. The molecule has 0 saturated heterocycles. The molecule has 1 aliphatic rings. The normalized spacial score (nSPS) is 20.4. The molecule has 1 aliphatic heterocycles. The summed E-state index contributed by atoms with van der Waals surface area (Å²) in [5.41, 5.74) is 2.47. The van der Waals surface area contributed by atoms with Gasteiger partial charge in [-0.2, -0.15) is 4.31 Å². The molecule has 0 radical (unpaired) electrons. The fourth-order valence-electron chi connectivity index (χ4n) is 3.32. The van der Waals surface area contributed by atoms with Crippen molar-refractivity contribution in [2.24, 2.45) is 0 Å². The molecular weight excluding hydrogens is 388 g/mol. The van der Waals surface area contributed by atoms with Crippen LogP contribution in [-0.2, 0) is 21.2 Å². The van der Waals surface area contributed by atoms with E-state index < -0.39 is 27.9 Å². The molecule has 0 unspecified atom stereocenters. The zero-order chi connectivity index (χ0) is 19.6. The highest BCUT2D eigenvalue weighted by Crippen LogP contribution is 2.37. The van der Waals surface area contributed by atoms with Crippen LogP contribution in [-0.4, -0.2) is 43.5 Å². The maximum atomic E-state index is 13.3. The molecule has 2 aromatic rings. The summed E-state index contributed by atoms with van der Waals surface area (Å²) < 4.78 is 32.8. The maximum Gasteiger partial charge on any atom is 0.262 e. The highest BCUT2D eigenvalue weighted by Gasteiger charge is 2.43. The van der Waals surface area contributed by atoms with Crippen molar-refractivity contribution in [2.75, 3.05) is 13.7 Å². The molecule has 0 aliphatic carbocycles. The quantitative estimate of drug-likeness (QED) is 0.449. The van der Waals surface area contributed by atoms with E-state index in [9.17, 15) is 18.4 Å². The zero-order valence-electron chi connectivity index (χ0n) is 14.7. The summed E-state index contributed by atoms with van der Waals surface area (Å²) in [5.74, 6) is -0.842. The van der Waals surface area contributed by atoms with Crippen molar-refractivity contribution in [1.82, 2.24) is 9.79 Å². The minimum Gasteiger partial charge on any atom is -0.497 e. The average molecular weight is 409 g/mol. The molecule has 0 saturated carbocycles. The van der Waals surface area contributed by atoms with E-state index in [0.29, 0.717) is 12.2 Å². The number of fused-ring (bicyclic) bond motifs is 1. The number of carbonyl (C=O) groups is 1. The molecule has 2 heterocycles. The lowest BCUT2D eigenvalue weighted by Gasteiger charge is -2.31. The zero-order valence-corrected chi connectivity index (χ0v) is 16.3. The lowest BCUT2D eigenvalue weighted by Crippen LogP contribution is -2.51. The van der Waals surface area contributed by atoms with Gasteiger partial charge < -0.3 is 4.74 Å². The van der Waals surface area contributed by atoms with Gasteiger partial charge in [-0.1, -0.05) is 6.08 Å². The first-order valence-corrected chi connectivity index (χ1v) is 10.5. The van der Waals surface area contributed by atoms with Gasteiger partial charge in [0.25, 0.3) is 5.91 Å². The smallest absolute Gasteiger partial charge is 0.262 e. The summed E-state index contributed by atoms with van der Waals surface area (Å²) in [6, 6.07) is 6.70. The van der Waals surface area contributed by atoms with E-state index in [4.69, 9.17) is 4.74 Å². The predicted octanol–water partition coefficient (Wildman–Crippen LogP) is 2.15. The number of nitrogens with zero attached hydrogens (tertiary/aromatic N) is 1. The Hall–Kier alpha value is -2.20. The van der Waals surface area contributed by atoms with Gasteiger partial charge in [0, 0.05) is 17.3 Å². The number of hydrogen-bond acceptors (Lipinski definition) is 6. The monoisotopic (exact) mass is 408 g/mol. The highest BCUT2D eigenvalue weighted by atomic mass is 32.2. The third kappa shape index (κ3) is 3.51. The Kier molecular flexibility index (Phi) is 5.66. The molecule has 0 fully saturated rings. The lowest BCUT2D eigenvalue weighted by molar-refractivity contribution is -0.133. The number of methoxy groups -OCH3 is 1. The number of benzene rings is 1. The first-order valence-electron chi connectivity index (χ1n) is 8.22. The van der Waals surface area contributed by atoms with Crippen molar-refractivity contribution < 1.29 is 23.2 Å². The number of sulfonamides is 1. The number of hydroxylamine groups is 1. The molecule has 0 spiro atoms. The van der Waals surface area contributed by atoms with Gasteiger partial charge in [0.05, 0.1) is 12.0 Å². The van der Waals surface area contributed by atoms with E-state index in [1.54, 1.807) is 23.7 Å². The molecule has 3 rings (SSSR count). The molecule has 1 aromatic heterocycles. The van der Waals surface area contributed by atoms with Gasteiger partial charge in [0.2, 0.25) is 10.0 Å². The fourth-order valence-corrected chi connectivity index (χ4v) is 5.86. The summed E-state index contributed by atoms with van der Waals surface area (Å²) in [5, 5.41) is 11.1. The van der Waals surface area contributed by atoms with E-state index in [0.717, 1.165) is 14.7 Å².